The zero-order valence-electron chi connectivity index (χ0n) is 12.4. The molecule has 0 fully saturated rings. The van der Waals surface area contributed by atoms with E-state index in [1.54, 1.807) is 47.0 Å². The Hall–Kier alpha value is -1.96. The molecule has 0 unspecified atom stereocenters. The lowest BCUT2D eigenvalue weighted by molar-refractivity contribution is -0.116. The van der Waals surface area contributed by atoms with Gasteiger partial charge in [0.1, 0.15) is 4.90 Å². The van der Waals surface area contributed by atoms with Crippen molar-refractivity contribution >= 4 is 44.1 Å². The Labute approximate surface area is 147 Å². The van der Waals surface area contributed by atoms with E-state index in [-0.39, 0.29) is 21.6 Å². The molecule has 0 saturated heterocycles. The van der Waals surface area contributed by atoms with Crippen molar-refractivity contribution in [2.75, 3.05) is 5.32 Å². The molecule has 1 N–H and O–H groups in total. The summed E-state index contributed by atoms with van der Waals surface area (Å²) in [5.74, 6) is -0.220. The second-order valence-corrected chi connectivity index (χ2v) is 9.28. The summed E-state index contributed by atoms with van der Waals surface area (Å²) in [5.41, 5.74) is 0.443. The first kappa shape index (κ1) is 15.6. The molecule has 1 aromatic carbocycles. The van der Waals surface area contributed by atoms with Gasteiger partial charge >= 0.3 is 0 Å². The summed E-state index contributed by atoms with van der Waals surface area (Å²) in [7, 11) is -3.65. The Bertz CT molecular complexity index is 989. The summed E-state index contributed by atoms with van der Waals surface area (Å²) >= 11 is 2.98. The second kappa shape index (κ2) is 5.84. The van der Waals surface area contributed by atoms with Crippen LogP contribution in [-0.2, 0) is 14.6 Å². The van der Waals surface area contributed by atoms with Gasteiger partial charge in [0, 0.05) is 27.5 Å². The minimum Gasteiger partial charge on any atom is -0.324 e. The third-order valence-electron chi connectivity index (χ3n) is 3.99. The summed E-state index contributed by atoms with van der Waals surface area (Å²) < 4.78 is 25.8. The first-order chi connectivity index (χ1) is 11.6. The van der Waals surface area contributed by atoms with Crippen molar-refractivity contribution in [2.45, 2.75) is 22.1 Å². The number of carbonyl (C=O) groups is 1. The maximum Gasteiger partial charge on any atom is 0.225 e. The molecule has 122 valence electrons. The normalized spacial score (nSPS) is 17.3. The summed E-state index contributed by atoms with van der Waals surface area (Å²) in [6.07, 6.45) is 0.346. The largest absolute Gasteiger partial charge is 0.324 e. The van der Waals surface area contributed by atoms with Gasteiger partial charge in [0.25, 0.3) is 0 Å². The molecule has 2 aromatic heterocycles. The highest BCUT2D eigenvalue weighted by Gasteiger charge is 2.34. The summed E-state index contributed by atoms with van der Waals surface area (Å²) in [5, 5.41) is 6.38. The Kier molecular flexibility index (Phi) is 3.79. The molecule has 0 spiro atoms. The van der Waals surface area contributed by atoms with Gasteiger partial charge in [0.2, 0.25) is 15.7 Å². The van der Waals surface area contributed by atoms with Crippen molar-refractivity contribution in [3.63, 3.8) is 0 Å². The van der Waals surface area contributed by atoms with Gasteiger partial charge < -0.3 is 5.32 Å². The van der Waals surface area contributed by atoms with Crippen LogP contribution in [0.1, 0.15) is 22.1 Å². The monoisotopic (exact) mass is 375 g/mol. The zero-order valence-corrected chi connectivity index (χ0v) is 14.9. The number of hydrogen-bond donors (Lipinski definition) is 1. The molecule has 4 rings (SSSR count). The van der Waals surface area contributed by atoms with Gasteiger partial charge in [0.05, 0.1) is 10.6 Å². The number of thiophene rings is 2. The van der Waals surface area contributed by atoms with Gasteiger partial charge in [-0.25, -0.2) is 8.42 Å². The van der Waals surface area contributed by atoms with Crippen LogP contribution in [-0.4, -0.2) is 14.3 Å². The molecule has 0 bridgehead atoms. The average molecular weight is 375 g/mol. The number of rotatable bonds is 3. The number of sulfone groups is 1. The maximum atomic E-state index is 12.9. The highest BCUT2D eigenvalue weighted by atomic mass is 32.2. The van der Waals surface area contributed by atoms with Crippen LogP contribution in [0.15, 0.2) is 63.0 Å². The van der Waals surface area contributed by atoms with E-state index in [1.807, 2.05) is 17.5 Å². The van der Waals surface area contributed by atoms with E-state index in [1.165, 1.54) is 11.3 Å². The van der Waals surface area contributed by atoms with Gasteiger partial charge in [-0.3, -0.25) is 4.79 Å². The SMILES string of the molecule is O=C1C[C@@H](c2cccs2)c2scc(S(=O)(=O)c3ccccc3)c2N1. The molecule has 1 amide bonds. The first-order valence-electron chi connectivity index (χ1n) is 7.32. The number of hydrogen-bond acceptors (Lipinski definition) is 5. The summed E-state index contributed by atoms with van der Waals surface area (Å²) in [6.45, 7) is 0. The van der Waals surface area contributed by atoms with Crippen LogP contribution in [0.25, 0.3) is 0 Å². The van der Waals surface area contributed by atoms with Crippen LogP contribution in [0.2, 0.25) is 0 Å². The Morgan fingerprint density at radius 2 is 1.83 bits per heavy atom. The van der Waals surface area contributed by atoms with Crippen molar-refractivity contribution in [2.24, 2.45) is 0 Å². The van der Waals surface area contributed by atoms with E-state index in [2.05, 4.69) is 5.32 Å². The molecule has 3 heterocycles. The molecule has 0 radical (unpaired) electrons. The van der Waals surface area contributed by atoms with Crippen LogP contribution in [0, 0.1) is 0 Å². The predicted octanol–water partition coefficient (Wildman–Crippen LogP) is 4.12. The standard InChI is InChI=1S/C17H13NO3S3/c19-15-9-12(13-7-4-8-22-13)17-16(18-15)14(10-23-17)24(20,21)11-5-2-1-3-6-11/h1-8,10,12H,9H2,(H,18,19)/t12-/m0/s1. The van der Waals surface area contributed by atoms with E-state index in [0.29, 0.717) is 12.1 Å². The molecule has 1 atom stereocenters. The van der Waals surface area contributed by atoms with Gasteiger partial charge in [-0.1, -0.05) is 24.3 Å². The molecular weight excluding hydrogens is 362 g/mol. The van der Waals surface area contributed by atoms with Gasteiger partial charge in [0.15, 0.2) is 0 Å². The summed E-state index contributed by atoms with van der Waals surface area (Å²) in [4.78, 5) is 14.6. The number of anilines is 1. The van der Waals surface area contributed by atoms with Crippen LogP contribution in [0.3, 0.4) is 0 Å². The highest BCUT2D eigenvalue weighted by Crippen LogP contribution is 2.46. The van der Waals surface area contributed by atoms with Gasteiger partial charge in [-0.15, -0.1) is 22.7 Å². The molecule has 4 nitrogen and oxygen atoms in total. The van der Waals surface area contributed by atoms with Crippen molar-refractivity contribution in [3.8, 4) is 0 Å². The van der Waals surface area contributed by atoms with Crippen molar-refractivity contribution in [1.82, 2.24) is 0 Å². The van der Waals surface area contributed by atoms with E-state index in [9.17, 15) is 13.2 Å². The Morgan fingerprint density at radius 3 is 2.54 bits per heavy atom. The molecule has 7 heteroatoms. The highest BCUT2D eigenvalue weighted by molar-refractivity contribution is 7.91. The van der Waals surface area contributed by atoms with Crippen LogP contribution >= 0.6 is 22.7 Å². The van der Waals surface area contributed by atoms with Crippen molar-refractivity contribution in [1.29, 1.82) is 0 Å². The lowest BCUT2D eigenvalue weighted by atomic mass is 9.97. The van der Waals surface area contributed by atoms with Crippen molar-refractivity contribution < 1.29 is 13.2 Å². The second-order valence-electron chi connectivity index (χ2n) is 5.48. The minimum absolute atomic E-state index is 0.0709. The zero-order chi connectivity index (χ0) is 16.7. The fourth-order valence-electron chi connectivity index (χ4n) is 2.85. The number of benzene rings is 1. The molecule has 1 aliphatic rings. The number of amides is 1. The molecule has 3 aromatic rings. The molecule has 0 saturated carbocycles. The Balaban J connectivity index is 1.85. The fourth-order valence-corrected chi connectivity index (χ4v) is 6.68. The lowest BCUT2D eigenvalue weighted by Gasteiger charge is -2.22. The quantitative estimate of drug-likeness (QED) is 0.749. The van der Waals surface area contributed by atoms with E-state index >= 15 is 0 Å². The third-order valence-corrected chi connectivity index (χ3v) is 8.01. The topological polar surface area (TPSA) is 63.2 Å². The van der Waals surface area contributed by atoms with Crippen molar-refractivity contribution in [3.05, 3.63) is 63.0 Å². The minimum atomic E-state index is -3.65. The molecule has 24 heavy (non-hydrogen) atoms. The Morgan fingerprint density at radius 1 is 1.04 bits per heavy atom. The number of nitrogens with one attached hydrogen (secondary N) is 1. The number of fused-ring (bicyclic) bond motifs is 1. The number of carbonyl (C=O) groups excluding carboxylic acids is 1. The molecule has 0 aliphatic carbocycles. The maximum absolute atomic E-state index is 12.9. The molecule has 1 aliphatic heterocycles. The third kappa shape index (κ3) is 2.49. The van der Waals surface area contributed by atoms with Crippen LogP contribution < -0.4 is 5.32 Å². The molecular formula is C17H13NO3S3. The fraction of sp³-hybridized carbons (Fsp3) is 0.118. The predicted molar refractivity (Wildman–Crippen MR) is 95.6 cm³/mol. The average Bonchev–Trinajstić information content (AvgIpc) is 3.24. The van der Waals surface area contributed by atoms with E-state index in [0.717, 1.165) is 9.75 Å². The van der Waals surface area contributed by atoms with Crippen LogP contribution in [0.5, 0.6) is 0 Å². The smallest absolute Gasteiger partial charge is 0.225 e. The lowest BCUT2D eigenvalue weighted by Crippen LogP contribution is -2.23. The first-order valence-corrected chi connectivity index (χ1v) is 10.6. The van der Waals surface area contributed by atoms with E-state index < -0.39 is 9.84 Å². The van der Waals surface area contributed by atoms with Gasteiger partial charge in [-0.2, -0.15) is 0 Å². The van der Waals surface area contributed by atoms with E-state index in [4.69, 9.17) is 0 Å². The van der Waals surface area contributed by atoms with Gasteiger partial charge in [-0.05, 0) is 23.6 Å². The van der Waals surface area contributed by atoms with Crippen LogP contribution in [0.4, 0.5) is 5.69 Å². The summed E-state index contributed by atoms with van der Waals surface area (Å²) in [6, 6.07) is 12.2.